The molecule has 4 nitrogen and oxygen atoms in total. The Morgan fingerprint density at radius 3 is 2.89 bits per heavy atom. The van der Waals surface area contributed by atoms with E-state index in [1.54, 1.807) is 7.11 Å². The molecule has 4 heteroatoms. The highest BCUT2D eigenvalue weighted by Crippen LogP contribution is 2.02. The van der Waals surface area contributed by atoms with Crippen LogP contribution < -0.4 is 11.1 Å². The van der Waals surface area contributed by atoms with Crippen LogP contribution in [0.3, 0.4) is 0 Å². The summed E-state index contributed by atoms with van der Waals surface area (Å²) < 4.78 is 4.77. The van der Waals surface area contributed by atoms with Gasteiger partial charge in [0, 0.05) is 7.11 Å². The lowest BCUT2D eigenvalue weighted by molar-refractivity contribution is -0.131. The first-order valence-electron chi connectivity index (χ1n) is 2.80. The zero-order chi connectivity index (χ0) is 6.85. The van der Waals surface area contributed by atoms with Crippen LogP contribution >= 0.6 is 0 Å². The Balaban J connectivity index is 2.25. The Kier molecular flexibility index (Phi) is 1.68. The molecule has 0 aliphatic carbocycles. The third-order valence-corrected chi connectivity index (χ3v) is 1.41. The standard InChI is InChI=1S/C5H10N2O2/c1-9-2-3-4(6)5(8)7-3/h3-4H,2,6H2,1H3,(H,7,8)/t3-,4+/m0/s1. The Hall–Kier alpha value is -0.610. The molecule has 1 aliphatic heterocycles. The molecule has 1 aliphatic rings. The lowest BCUT2D eigenvalue weighted by Gasteiger charge is -2.32. The number of ether oxygens (including phenoxy) is 1. The van der Waals surface area contributed by atoms with Gasteiger partial charge in [-0.1, -0.05) is 0 Å². The molecule has 1 saturated heterocycles. The van der Waals surface area contributed by atoms with Gasteiger partial charge in [0.05, 0.1) is 12.6 Å². The lowest BCUT2D eigenvalue weighted by Crippen LogP contribution is -2.68. The zero-order valence-electron chi connectivity index (χ0n) is 5.26. The molecular weight excluding hydrogens is 120 g/mol. The summed E-state index contributed by atoms with van der Waals surface area (Å²) in [6.07, 6.45) is 0. The quantitative estimate of drug-likeness (QED) is 0.445. The maximum absolute atomic E-state index is 10.4. The van der Waals surface area contributed by atoms with Crippen molar-refractivity contribution in [3.63, 3.8) is 0 Å². The number of carbonyl (C=O) groups is 1. The molecule has 2 atom stereocenters. The lowest BCUT2D eigenvalue weighted by atomic mass is 10.0. The molecule has 1 rings (SSSR count). The highest BCUT2D eigenvalue weighted by Gasteiger charge is 2.35. The highest BCUT2D eigenvalue weighted by atomic mass is 16.5. The number of carbonyl (C=O) groups excluding carboxylic acids is 1. The molecule has 0 aromatic carbocycles. The largest absolute Gasteiger partial charge is 0.382 e. The predicted molar refractivity (Wildman–Crippen MR) is 31.8 cm³/mol. The van der Waals surface area contributed by atoms with Crippen molar-refractivity contribution in [2.24, 2.45) is 5.73 Å². The fourth-order valence-corrected chi connectivity index (χ4v) is 0.780. The van der Waals surface area contributed by atoms with Crippen molar-refractivity contribution in [2.75, 3.05) is 13.7 Å². The summed E-state index contributed by atoms with van der Waals surface area (Å²) in [7, 11) is 1.58. The van der Waals surface area contributed by atoms with Crippen LogP contribution in [0.5, 0.6) is 0 Å². The average molecular weight is 130 g/mol. The molecule has 0 unspecified atom stereocenters. The summed E-state index contributed by atoms with van der Waals surface area (Å²) >= 11 is 0. The molecule has 0 spiro atoms. The minimum atomic E-state index is -0.357. The second-order valence-corrected chi connectivity index (χ2v) is 2.10. The number of amides is 1. The fraction of sp³-hybridized carbons (Fsp3) is 0.800. The zero-order valence-corrected chi connectivity index (χ0v) is 5.26. The summed E-state index contributed by atoms with van der Waals surface area (Å²) in [6, 6.07) is -0.326. The number of methoxy groups -OCH3 is 1. The van der Waals surface area contributed by atoms with Gasteiger partial charge in [0.2, 0.25) is 5.91 Å². The molecule has 1 heterocycles. The van der Waals surface area contributed by atoms with Gasteiger partial charge in [0.1, 0.15) is 6.04 Å². The van der Waals surface area contributed by atoms with Crippen molar-refractivity contribution in [3.8, 4) is 0 Å². The van der Waals surface area contributed by atoms with E-state index >= 15 is 0 Å². The summed E-state index contributed by atoms with van der Waals surface area (Å²) in [5, 5.41) is 2.60. The van der Waals surface area contributed by atoms with E-state index in [1.807, 2.05) is 0 Å². The van der Waals surface area contributed by atoms with E-state index < -0.39 is 0 Å². The van der Waals surface area contributed by atoms with Crippen molar-refractivity contribution in [3.05, 3.63) is 0 Å². The van der Waals surface area contributed by atoms with E-state index in [2.05, 4.69) is 5.32 Å². The normalized spacial score (nSPS) is 33.3. The van der Waals surface area contributed by atoms with Crippen molar-refractivity contribution >= 4 is 5.91 Å². The Labute approximate surface area is 53.4 Å². The number of hydrogen-bond acceptors (Lipinski definition) is 3. The Bertz CT molecular complexity index is 126. The topological polar surface area (TPSA) is 64.3 Å². The molecule has 9 heavy (non-hydrogen) atoms. The van der Waals surface area contributed by atoms with Gasteiger partial charge in [-0.15, -0.1) is 0 Å². The van der Waals surface area contributed by atoms with Crippen molar-refractivity contribution < 1.29 is 9.53 Å². The summed E-state index contributed by atoms with van der Waals surface area (Å²) in [5.41, 5.74) is 5.36. The fourth-order valence-electron chi connectivity index (χ4n) is 0.780. The number of hydrogen-bond donors (Lipinski definition) is 2. The third-order valence-electron chi connectivity index (χ3n) is 1.41. The maximum Gasteiger partial charge on any atom is 0.239 e. The van der Waals surface area contributed by atoms with Gasteiger partial charge in [-0.05, 0) is 0 Å². The van der Waals surface area contributed by atoms with Crippen LogP contribution in [-0.4, -0.2) is 31.7 Å². The van der Waals surface area contributed by atoms with Crippen LogP contribution in [-0.2, 0) is 9.53 Å². The molecule has 0 radical (unpaired) electrons. The first kappa shape index (κ1) is 6.51. The van der Waals surface area contributed by atoms with Gasteiger partial charge in [-0.25, -0.2) is 0 Å². The third kappa shape index (κ3) is 1.04. The van der Waals surface area contributed by atoms with Crippen molar-refractivity contribution in [1.82, 2.24) is 5.32 Å². The summed E-state index contributed by atoms with van der Waals surface area (Å²) in [5.74, 6) is -0.0861. The number of rotatable bonds is 2. The van der Waals surface area contributed by atoms with E-state index in [-0.39, 0.29) is 18.0 Å². The molecule has 3 N–H and O–H groups in total. The van der Waals surface area contributed by atoms with E-state index in [0.29, 0.717) is 6.61 Å². The van der Waals surface area contributed by atoms with E-state index in [4.69, 9.17) is 10.5 Å². The minimum absolute atomic E-state index is 0.0301. The average Bonchev–Trinajstić information content (AvgIpc) is 1.88. The van der Waals surface area contributed by atoms with Crippen LogP contribution in [0.4, 0.5) is 0 Å². The molecule has 0 bridgehead atoms. The van der Waals surface area contributed by atoms with Crippen LogP contribution in [0.1, 0.15) is 0 Å². The van der Waals surface area contributed by atoms with Gasteiger partial charge in [-0.3, -0.25) is 4.79 Å². The smallest absolute Gasteiger partial charge is 0.239 e. The molecule has 0 saturated carbocycles. The highest BCUT2D eigenvalue weighted by molar-refractivity contribution is 5.88. The monoisotopic (exact) mass is 130 g/mol. The predicted octanol–water partition coefficient (Wildman–Crippen LogP) is -1.54. The van der Waals surface area contributed by atoms with Gasteiger partial charge in [0.15, 0.2) is 0 Å². The summed E-state index contributed by atoms with van der Waals surface area (Å²) in [4.78, 5) is 10.4. The van der Waals surface area contributed by atoms with Crippen LogP contribution in [0.2, 0.25) is 0 Å². The van der Waals surface area contributed by atoms with Crippen LogP contribution in [0.25, 0.3) is 0 Å². The first-order chi connectivity index (χ1) is 4.25. The molecule has 52 valence electrons. The van der Waals surface area contributed by atoms with Crippen LogP contribution in [0, 0.1) is 0 Å². The number of nitrogens with two attached hydrogens (primary N) is 1. The Morgan fingerprint density at radius 1 is 1.89 bits per heavy atom. The molecule has 1 fully saturated rings. The molecule has 1 amide bonds. The maximum atomic E-state index is 10.4. The van der Waals surface area contributed by atoms with Crippen molar-refractivity contribution in [1.29, 1.82) is 0 Å². The van der Waals surface area contributed by atoms with E-state index in [1.165, 1.54) is 0 Å². The van der Waals surface area contributed by atoms with Gasteiger partial charge in [-0.2, -0.15) is 0 Å². The van der Waals surface area contributed by atoms with Crippen LogP contribution in [0.15, 0.2) is 0 Å². The second-order valence-electron chi connectivity index (χ2n) is 2.10. The minimum Gasteiger partial charge on any atom is -0.382 e. The molecule has 0 aromatic rings. The van der Waals surface area contributed by atoms with Gasteiger partial charge in [0.25, 0.3) is 0 Å². The Morgan fingerprint density at radius 2 is 2.56 bits per heavy atom. The SMILES string of the molecule is COC[C@@H]1NC(=O)[C@@H]1N. The van der Waals surface area contributed by atoms with E-state index in [9.17, 15) is 4.79 Å². The second kappa shape index (κ2) is 2.33. The molecule has 0 aromatic heterocycles. The summed E-state index contributed by atoms with van der Waals surface area (Å²) in [6.45, 7) is 0.507. The number of β-lactam (4-membered cyclic amide) rings is 1. The van der Waals surface area contributed by atoms with Gasteiger partial charge < -0.3 is 15.8 Å². The van der Waals surface area contributed by atoms with Gasteiger partial charge >= 0.3 is 0 Å². The van der Waals surface area contributed by atoms with Crippen molar-refractivity contribution in [2.45, 2.75) is 12.1 Å². The number of nitrogens with one attached hydrogen (secondary N) is 1. The first-order valence-corrected chi connectivity index (χ1v) is 2.80. The molecular formula is C5H10N2O2. The van der Waals surface area contributed by atoms with E-state index in [0.717, 1.165) is 0 Å².